The molecule has 1 N–H and O–H groups in total. The molecule has 1 aliphatic carbocycles. The third-order valence-corrected chi connectivity index (χ3v) is 7.87. The molecule has 2 aromatic rings. The van der Waals surface area contributed by atoms with Gasteiger partial charge in [0.1, 0.15) is 17.4 Å². The fourth-order valence-corrected chi connectivity index (χ4v) is 5.72. The van der Waals surface area contributed by atoms with Crippen LogP contribution in [0.15, 0.2) is 30.3 Å². The number of ether oxygens (including phenoxy) is 1. The van der Waals surface area contributed by atoms with Crippen molar-refractivity contribution >= 4 is 0 Å². The van der Waals surface area contributed by atoms with Crippen molar-refractivity contribution in [3.63, 3.8) is 0 Å². The van der Waals surface area contributed by atoms with Gasteiger partial charge in [0.25, 0.3) is 0 Å². The number of piperidine rings is 1. The molecular weight excluding hydrogens is 384 g/mol. The van der Waals surface area contributed by atoms with E-state index in [0.717, 1.165) is 24.9 Å². The van der Waals surface area contributed by atoms with Crippen LogP contribution in [0.5, 0.6) is 5.75 Å². The molecule has 1 saturated heterocycles. The van der Waals surface area contributed by atoms with E-state index < -0.39 is 11.6 Å². The van der Waals surface area contributed by atoms with Gasteiger partial charge in [0.2, 0.25) is 0 Å². The lowest BCUT2D eigenvalue weighted by Gasteiger charge is -2.61. The molecule has 1 heterocycles. The van der Waals surface area contributed by atoms with Gasteiger partial charge in [0.15, 0.2) is 0 Å². The van der Waals surface area contributed by atoms with Crippen LogP contribution in [0.1, 0.15) is 49.4 Å². The maximum atomic E-state index is 13.8. The maximum absolute atomic E-state index is 13.8. The third kappa shape index (κ3) is 3.23. The number of phenolic OH excluding ortho intramolecular Hbond substituents is 1. The highest BCUT2D eigenvalue weighted by molar-refractivity contribution is 5.52. The van der Waals surface area contributed by atoms with E-state index in [4.69, 9.17) is 4.74 Å². The number of nitrogens with zero attached hydrogens (tertiary/aromatic N) is 1. The van der Waals surface area contributed by atoms with E-state index in [1.165, 1.54) is 29.3 Å². The molecule has 0 radical (unpaired) electrons. The summed E-state index contributed by atoms with van der Waals surface area (Å²) in [4.78, 5) is 2.42. The van der Waals surface area contributed by atoms with Crippen molar-refractivity contribution in [3.05, 3.63) is 64.2 Å². The molecule has 2 bridgehead atoms. The smallest absolute Gasteiger partial charge is 0.131 e. The monoisotopic (exact) mass is 415 g/mol. The van der Waals surface area contributed by atoms with Crippen LogP contribution in [0, 0.1) is 24.0 Å². The summed E-state index contributed by atoms with van der Waals surface area (Å²) < 4.78 is 33.3. The van der Waals surface area contributed by atoms with Crippen LogP contribution in [0.25, 0.3) is 0 Å². The van der Waals surface area contributed by atoms with Gasteiger partial charge in [-0.25, -0.2) is 8.78 Å². The molecule has 2 aliphatic rings. The van der Waals surface area contributed by atoms with Gasteiger partial charge in [-0.3, -0.25) is 4.90 Å². The fourth-order valence-electron chi connectivity index (χ4n) is 5.72. The van der Waals surface area contributed by atoms with E-state index in [-0.39, 0.29) is 29.0 Å². The zero-order valence-corrected chi connectivity index (χ0v) is 18.3. The molecule has 0 amide bonds. The largest absolute Gasteiger partial charge is 0.508 e. The molecule has 4 rings (SSSR count). The number of hydrogen-bond acceptors (Lipinski definition) is 3. The van der Waals surface area contributed by atoms with E-state index in [1.807, 2.05) is 12.1 Å². The second-order valence-electron chi connectivity index (χ2n) is 9.57. The summed E-state index contributed by atoms with van der Waals surface area (Å²) in [5.41, 5.74) is 3.63. The van der Waals surface area contributed by atoms with Crippen molar-refractivity contribution in [2.75, 3.05) is 19.7 Å². The molecule has 5 heteroatoms. The van der Waals surface area contributed by atoms with Gasteiger partial charge in [-0.15, -0.1) is 0 Å². The Labute approximate surface area is 177 Å². The SMILES string of the molecule is Cc1ccc(O)c2c1[C@]1(C)CCN(CCOCc3c(F)cccc3F)[C@H](C2)C1(C)C. The van der Waals surface area contributed by atoms with E-state index in [9.17, 15) is 13.9 Å². The van der Waals surface area contributed by atoms with Gasteiger partial charge in [-0.05, 0) is 66.6 Å². The molecular formula is C25H31F2NO2. The molecule has 162 valence electrons. The molecule has 1 fully saturated rings. The zero-order valence-electron chi connectivity index (χ0n) is 18.3. The van der Waals surface area contributed by atoms with E-state index in [2.05, 4.69) is 32.6 Å². The Hall–Kier alpha value is -1.98. The predicted octanol–water partition coefficient (Wildman–Crippen LogP) is 5.11. The lowest BCUT2D eigenvalue weighted by atomic mass is 9.50. The van der Waals surface area contributed by atoms with E-state index >= 15 is 0 Å². The summed E-state index contributed by atoms with van der Waals surface area (Å²) >= 11 is 0. The van der Waals surface area contributed by atoms with Crippen LogP contribution in [0.3, 0.4) is 0 Å². The number of halogens is 2. The van der Waals surface area contributed by atoms with Crippen LogP contribution < -0.4 is 0 Å². The first kappa shape index (κ1) is 21.3. The van der Waals surface area contributed by atoms with Gasteiger partial charge in [-0.1, -0.05) is 32.9 Å². The minimum absolute atomic E-state index is 0.0122. The number of aromatic hydroxyl groups is 1. The highest BCUT2D eigenvalue weighted by Gasteiger charge is 2.56. The number of likely N-dealkylation sites (tertiary alicyclic amines) is 1. The predicted molar refractivity (Wildman–Crippen MR) is 114 cm³/mol. The van der Waals surface area contributed by atoms with Crippen molar-refractivity contribution < 1.29 is 18.6 Å². The minimum Gasteiger partial charge on any atom is -0.508 e. The molecule has 2 aromatic carbocycles. The Morgan fingerprint density at radius 2 is 1.83 bits per heavy atom. The Balaban J connectivity index is 1.50. The number of phenols is 1. The lowest BCUT2D eigenvalue weighted by Crippen LogP contribution is -2.64. The number of rotatable bonds is 5. The van der Waals surface area contributed by atoms with Crippen molar-refractivity contribution in [1.82, 2.24) is 4.90 Å². The maximum Gasteiger partial charge on any atom is 0.131 e. The van der Waals surface area contributed by atoms with Gasteiger partial charge < -0.3 is 9.84 Å². The van der Waals surface area contributed by atoms with Gasteiger partial charge in [-0.2, -0.15) is 0 Å². The zero-order chi connectivity index (χ0) is 21.7. The normalized spacial score (nSPS) is 25.2. The summed E-state index contributed by atoms with van der Waals surface area (Å²) in [7, 11) is 0. The average Bonchev–Trinajstić information content (AvgIpc) is 2.67. The van der Waals surface area contributed by atoms with Crippen molar-refractivity contribution in [3.8, 4) is 5.75 Å². The highest BCUT2D eigenvalue weighted by atomic mass is 19.1. The van der Waals surface area contributed by atoms with E-state index in [0.29, 0.717) is 18.9 Å². The Morgan fingerprint density at radius 3 is 2.53 bits per heavy atom. The minimum atomic E-state index is -0.570. The van der Waals surface area contributed by atoms with Crippen molar-refractivity contribution in [2.24, 2.45) is 5.41 Å². The number of hydrogen-bond donors (Lipinski definition) is 1. The van der Waals surface area contributed by atoms with Crippen molar-refractivity contribution in [2.45, 2.75) is 58.6 Å². The van der Waals surface area contributed by atoms with Crippen LogP contribution in [0.2, 0.25) is 0 Å². The Kier molecular flexibility index (Phi) is 5.39. The van der Waals surface area contributed by atoms with Gasteiger partial charge in [0.05, 0.1) is 13.2 Å². The second kappa shape index (κ2) is 7.61. The molecule has 1 aliphatic heterocycles. The summed E-state index contributed by atoms with van der Waals surface area (Å²) in [6.45, 7) is 11.1. The molecule has 0 unspecified atom stereocenters. The quantitative estimate of drug-likeness (QED) is 0.689. The number of benzene rings is 2. The van der Waals surface area contributed by atoms with Crippen LogP contribution in [-0.2, 0) is 23.2 Å². The topological polar surface area (TPSA) is 32.7 Å². The first-order valence-corrected chi connectivity index (χ1v) is 10.7. The molecule has 2 atom stereocenters. The standard InChI is InChI=1S/C25H31F2NO2/c1-16-8-9-21(29)17-14-22-24(2,3)25(4,23(16)17)10-11-28(22)12-13-30-15-18-19(26)6-5-7-20(18)27/h5-9,22,29H,10-15H2,1-4H3/t22-,25+/m1/s1. The van der Waals surface area contributed by atoms with Crippen LogP contribution in [-0.4, -0.2) is 35.7 Å². The molecule has 0 saturated carbocycles. The van der Waals surface area contributed by atoms with Gasteiger partial charge in [0, 0.05) is 23.6 Å². The van der Waals surface area contributed by atoms with Crippen LogP contribution in [0.4, 0.5) is 8.78 Å². The fraction of sp³-hybridized carbons (Fsp3) is 0.520. The number of aryl methyl sites for hydroxylation is 1. The molecule has 0 aromatic heterocycles. The second-order valence-corrected chi connectivity index (χ2v) is 9.57. The first-order valence-electron chi connectivity index (χ1n) is 10.7. The average molecular weight is 416 g/mol. The molecule has 30 heavy (non-hydrogen) atoms. The summed E-state index contributed by atoms with van der Waals surface area (Å²) in [6.07, 6.45) is 1.79. The van der Waals surface area contributed by atoms with Gasteiger partial charge >= 0.3 is 0 Å². The summed E-state index contributed by atoms with van der Waals surface area (Å²) in [5.74, 6) is -0.755. The summed E-state index contributed by atoms with van der Waals surface area (Å²) in [6, 6.07) is 7.97. The van der Waals surface area contributed by atoms with Crippen LogP contribution >= 0.6 is 0 Å². The number of fused-ring (bicyclic) bond motifs is 4. The molecule has 0 spiro atoms. The summed E-state index contributed by atoms with van der Waals surface area (Å²) in [5, 5.41) is 10.6. The Bertz CT molecular complexity index is 938. The first-order chi connectivity index (χ1) is 14.2. The lowest BCUT2D eigenvalue weighted by molar-refractivity contribution is -0.0501. The third-order valence-electron chi connectivity index (χ3n) is 7.87. The molecule has 3 nitrogen and oxygen atoms in total. The highest BCUT2D eigenvalue weighted by Crippen LogP contribution is 2.57. The van der Waals surface area contributed by atoms with E-state index in [1.54, 1.807) is 0 Å². The Morgan fingerprint density at radius 1 is 1.13 bits per heavy atom. The van der Waals surface area contributed by atoms with Crippen molar-refractivity contribution in [1.29, 1.82) is 0 Å².